The fourth-order valence-corrected chi connectivity index (χ4v) is 4.55. The van der Waals surface area contributed by atoms with Gasteiger partial charge in [0.2, 0.25) is 0 Å². The molecule has 0 aliphatic carbocycles. The van der Waals surface area contributed by atoms with Gasteiger partial charge in [0.25, 0.3) is 0 Å². The minimum absolute atomic E-state index is 0.678. The Morgan fingerprint density at radius 3 is 2.82 bits per heavy atom. The summed E-state index contributed by atoms with van der Waals surface area (Å²) in [6, 6.07) is 2.89. The largest absolute Gasteiger partial charge is 0.330 e. The molecule has 0 amide bonds. The van der Waals surface area contributed by atoms with Crippen LogP contribution in [-0.2, 0) is 6.54 Å². The highest BCUT2D eigenvalue weighted by Gasteiger charge is 2.25. The van der Waals surface area contributed by atoms with E-state index in [0.717, 1.165) is 24.1 Å². The lowest BCUT2D eigenvalue weighted by atomic mass is 9.93. The highest BCUT2D eigenvalue weighted by molar-refractivity contribution is 9.13. The predicted molar refractivity (Wildman–Crippen MR) is 81.4 cm³/mol. The van der Waals surface area contributed by atoms with Gasteiger partial charge in [-0.2, -0.15) is 0 Å². The Kier molecular flexibility index (Phi) is 5.06. The van der Waals surface area contributed by atoms with Crippen molar-refractivity contribution in [1.82, 2.24) is 4.90 Å². The average Bonchev–Trinajstić information content (AvgIpc) is 2.61. The van der Waals surface area contributed by atoms with Crippen molar-refractivity contribution in [3.05, 3.63) is 19.2 Å². The molecule has 96 valence electrons. The topological polar surface area (TPSA) is 29.3 Å². The monoisotopic (exact) mass is 380 g/mol. The van der Waals surface area contributed by atoms with Gasteiger partial charge in [0.1, 0.15) is 0 Å². The zero-order chi connectivity index (χ0) is 12.4. The number of hydrogen-bond donors (Lipinski definition) is 1. The zero-order valence-corrected chi connectivity index (χ0v) is 13.9. The molecule has 2 rings (SSSR count). The van der Waals surface area contributed by atoms with Crippen molar-refractivity contribution in [2.45, 2.75) is 32.4 Å². The van der Waals surface area contributed by atoms with E-state index in [1.165, 1.54) is 21.5 Å². The van der Waals surface area contributed by atoms with E-state index < -0.39 is 0 Å². The van der Waals surface area contributed by atoms with Gasteiger partial charge in [0, 0.05) is 28.5 Å². The Labute approximate surface area is 124 Å². The summed E-state index contributed by atoms with van der Waals surface area (Å²) < 4.78 is 2.35. The van der Waals surface area contributed by atoms with Crippen LogP contribution in [0.15, 0.2) is 14.3 Å². The van der Waals surface area contributed by atoms with E-state index in [1.54, 1.807) is 0 Å². The van der Waals surface area contributed by atoms with Gasteiger partial charge < -0.3 is 5.73 Å². The smallest absolute Gasteiger partial charge is 0.0843 e. The molecule has 1 aliphatic rings. The summed E-state index contributed by atoms with van der Waals surface area (Å²) in [5, 5.41) is 0. The zero-order valence-electron chi connectivity index (χ0n) is 9.96. The number of rotatable bonds is 3. The molecule has 5 heteroatoms. The molecule has 0 spiro atoms. The number of likely N-dealkylation sites (tertiary alicyclic amines) is 1. The van der Waals surface area contributed by atoms with Crippen LogP contribution in [0.3, 0.4) is 0 Å². The summed E-state index contributed by atoms with van der Waals surface area (Å²) in [6.07, 6.45) is 2.56. The molecule has 0 radical (unpaired) electrons. The summed E-state index contributed by atoms with van der Waals surface area (Å²) in [5.41, 5.74) is 5.79. The van der Waals surface area contributed by atoms with Crippen molar-refractivity contribution in [3.63, 3.8) is 0 Å². The van der Waals surface area contributed by atoms with Crippen LogP contribution in [-0.4, -0.2) is 24.0 Å². The summed E-state index contributed by atoms with van der Waals surface area (Å²) >= 11 is 8.92. The predicted octanol–water partition coefficient (Wildman–Crippen LogP) is 3.83. The van der Waals surface area contributed by atoms with Crippen molar-refractivity contribution < 1.29 is 0 Å². The second-order valence-electron chi connectivity index (χ2n) is 4.79. The first-order valence-corrected chi connectivity index (χ1v) is 8.38. The van der Waals surface area contributed by atoms with Crippen LogP contribution in [0, 0.1) is 5.92 Å². The lowest BCUT2D eigenvalue weighted by molar-refractivity contribution is 0.114. The van der Waals surface area contributed by atoms with E-state index in [1.807, 2.05) is 11.3 Å². The van der Waals surface area contributed by atoms with Crippen LogP contribution >= 0.6 is 43.2 Å². The Morgan fingerprint density at radius 2 is 2.24 bits per heavy atom. The Hall–Kier alpha value is 0.580. The fraction of sp³-hybridized carbons (Fsp3) is 0.667. The first-order chi connectivity index (χ1) is 8.10. The Balaban J connectivity index is 2.01. The molecule has 2 atom stereocenters. The molecule has 2 N–H and O–H groups in total. The number of halogens is 2. The van der Waals surface area contributed by atoms with E-state index >= 15 is 0 Å². The minimum atomic E-state index is 0.678. The van der Waals surface area contributed by atoms with Crippen LogP contribution in [0.4, 0.5) is 0 Å². The van der Waals surface area contributed by atoms with Gasteiger partial charge >= 0.3 is 0 Å². The first kappa shape index (κ1) is 14.0. The van der Waals surface area contributed by atoms with Crippen LogP contribution in [0.25, 0.3) is 0 Å². The van der Waals surface area contributed by atoms with E-state index in [9.17, 15) is 0 Å². The number of hydrogen-bond acceptors (Lipinski definition) is 3. The molecule has 1 fully saturated rings. The molecule has 2 nitrogen and oxygen atoms in total. The number of nitrogens with zero attached hydrogens (tertiary/aromatic N) is 1. The Morgan fingerprint density at radius 1 is 1.47 bits per heavy atom. The molecule has 0 saturated carbocycles. The highest BCUT2D eigenvalue weighted by atomic mass is 79.9. The Bertz CT molecular complexity index is 361. The van der Waals surface area contributed by atoms with Gasteiger partial charge in [-0.15, -0.1) is 11.3 Å². The minimum Gasteiger partial charge on any atom is -0.330 e. The maximum atomic E-state index is 5.79. The van der Waals surface area contributed by atoms with E-state index in [-0.39, 0.29) is 0 Å². The summed E-state index contributed by atoms with van der Waals surface area (Å²) in [4.78, 5) is 3.97. The molecular formula is C12H18Br2N2S. The third-order valence-electron chi connectivity index (χ3n) is 3.50. The van der Waals surface area contributed by atoms with Crippen molar-refractivity contribution in [1.29, 1.82) is 0 Å². The molecule has 1 aliphatic heterocycles. The number of thiophene rings is 1. The lowest BCUT2D eigenvalue weighted by Crippen LogP contribution is -2.43. The SMILES string of the molecule is CC1CCC(CN)CN1Cc1cc(Br)c(Br)s1. The second-order valence-corrected chi connectivity index (χ2v) is 8.10. The van der Waals surface area contributed by atoms with Crippen molar-refractivity contribution >= 4 is 43.2 Å². The third-order valence-corrected chi connectivity index (χ3v) is 6.74. The molecule has 1 saturated heterocycles. The molecule has 17 heavy (non-hydrogen) atoms. The lowest BCUT2D eigenvalue weighted by Gasteiger charge is -2.37. The molecule has 1 aromatic rings. The van der Waals surface area contributed by atoms with Gasteiger partial charge in [-0.1, -0.05) is 0 Å². The van der Waals surface area contributed by atoms with Gasteiger partial charge in [0.05, 0.1) is 3.79 Å². The summed E-state index contributed by atoms with van der Waals surface area (Å²) in [5.74, 6) is 0.679. The fourth-order valence-electron chi connectivity index (χ4n) is 2.34. The highest BCUT2D eigenvalue weighted by Crippen LogP contribution is 2.34. The molecule has 1 aromatic heterocycles. The summed E-state index contributed by atoms with van der Waals surface area (Å²) in [7, 11) is 0. The third kappa shape index (κ3) is 3.53. The average molecular weight is 382 g/mol. The maximum absolute atomic E-state index is 5.79. The van der Waals surface area contributed by atoms with Gasteiger partial charge in [-0.05, 0) is 70.2 Å². The van der Waals surface area contributed by atoms with Crippen LogP contribution in [0.1, 0.15) is 24.6 Å². The second kappa shape index (κ2) is 6.15. The molecule has 2 unspecified atom stereocenters. The molecule has 0 bridgehead atoms. The van der Waals surface area contributed by atoms with Crippen LogP contribution in [0.2, 0.25) is 0 Å². The van der Waals surface area contributed by atoms with Gasteiger partial charge in [-0.3, -0.25) is 4.90 Å². The number of nitrogens with two attached hydrogens (primary N) is 1. The van der Waals surface area contributed by atoms with E-state index in [2.05, 4.69) is 49.7 Å². The van der Waals surface area contributed by atoms with E-state index in [0.29, 0.717) is 12.0 Å². The molecule has 2 heterocycles. The van der Waals surface area contributed by atoms with Crippen molar-refractivity contribution in [3.8, 4) is 0 Å². The maximum Gasteiger partial charge on any atom is 0.0843 e. The van der Waals surface area contributed by atoms with Crippen molar-refractivity contribution in [2.24, 2.45) is 11.7 Å². The first-order valence-electron chi connectivity index (χ1n) is 5.98. The molecule has 0 aromatic carbocycles. The van der Waals surface area contributed by atoms with Crippen LogP contribution in [0.5, 0.6) is 0 Å². The van der Waals surface area contributed by atoms with Crippen LogP contribution < -0.4 is 5.73 Å². The van der Waals surface area contributed by atoms with E-state index in [4.69, 9.17) is 5.73 Å². The standard InChI is InChI=1S/C12H18Br2N2S/c1-8-2-3-9(5-15)6-16(8)7-10-4-11(13)12(14)17-10/h4,8-9H,2-3,5-7,15H2,1H3. The number of piperidine rings is 1. The quantitative estimate of drug-likeness (QED) is 0.861. The van der Waals surface area contributed by atoms with Gasteiger partial charge in [-0.25, -0.2) is 0 Å². The normalized spacial score (nSPS) is 26.4. The van der Waals surface area contributed by atoms with Gasteiger partial charge in [0.15, 0.2) is 0 Å². The molecular weight excluding hydrogens is 364 g/mol. The summed E-state index contributed by atoms with van der Waals surface area (Å²) in [6.45, 7) is 5.34. The van der Waals surface area contributed by atoms with Crippen molar-refractivity contribution in [2.75, 3.05) is 13.1 Å².